The van der Waals surface area contributed by atoms with E-state index in [0.717, 1.165) is 18.2 Å². The van der Waals surface area contributed by atoms with Crippen molar-refractivity contribution >= 4 is 22.4 Å². The lowest BCUT2D eigenvalue weighted by Crippen LogP contribution is -2.29. The molecule has 1 aliphatic rings. The molecule has 1 saturated heterocycles. The highest BCUT2D eigenvalue weighted by atomic mass is 32.1. The predicted molar refractivity (Wildman–Crippen MR) is 76.8 cm³/mol. The number of anilines is 1. The number of aliphatic carboxylic acids is 1. The molecule has 0 amide bonds. The van der Waals surface area contributed by atoms with Crippen LogP contribution in [0, 0.1) is 5.92 Å². The summed E-state index contributed by atoms with van der Waals surface area (Å²) in [5.74, 6) is -0.172. The number of thiazole rings is 1. The second kappa shape index (κ2) is 6.34. The fraction of sp³-hybridized carbons (Fsp3) is 0.692. The monoisotopic (exact) mass is 283 g/mol. The molecule has 0 aliphatic carbocycles. The van der Waals surface area contributed by atoms with Crippen LogP contribution in [0.5, 0.6) is 0 Å². The maximum atomic E-state index is 10.6. The van der Waals surface area contributed by atoms with Crippen LogP contribution in [0.25, 0.3) is 0 Å². The number of rotatable bonds is 6. The van der Waals surface area contributed by atoms with Crippen molar-refractivity contribution in [3.8, 4) is 0 Å². The van der Waals surface area contributed by atoms with Gasteiger partial charge < -0.3 is 15.3 Å². The average Bonchev–Trinajstić information content (AvgIpc) is 2.94. The fourth-order valence-corrected chi connectivity index (χ4v) is 3.07. The molecule has 0 bridgehead atoms. The average molecular weight is 283 g/mol. The molecule has 5 nitrogen and oxygen atoms in total. The van der Waals surface area contributed by atoms with Gasteiger partial charge >= 0.3 is 5.97 Å². The van der Waals surface area contributed by atoms with Gasteiger partial charge in [0, 0.05) is 24.5 Å². The van der Waals surface area contributed by atoms with Crippen molar-refractivity contribution in [1.29, 1.82) is 0 Å². The summed E-state index contributed by atoms with van der Waals surface area (Å²) >= 11 is 1.48. The van der Waals surface area contributed by atoms with Gasteiger partial charge in [-0.2, -0.15) is 0 Å². The summed E-state index contributed by atoms with van der Waals surface area (Å²) in [4.78, 5) is 17.4. The first-order valence-electron chi connectivity index (χ1n) is 6.68. The summed E-state index contributed by atoms with van der Waals surface area (Å²) in [6.45, 7) is 7.69. The maximum absolute atomic E-state index is 10.6. The smallest absolute Gasteiger partial charge is 0.309 e. The molecule has 0 radical (unpaired) electrons. The van der Waals surface area contributed by atoms with Crippen LogP contribution >= 0.6 is 11.3 Å². The van der Waals surface area contributed by atoms with E-state index in [1.807, 2.05) is 5.38 Å². The minimum Gasteiger partial charge on any atom is -0.481 e. The van der Waals surface area contributed by atoms with Crippen LogP contribution in [0.15, 0.2) is 5.38 Å². The van der Waals surface area contributed by atoms with Gasteiger partial charge in [-0.25, -0.2) is 4.98 Å². The van der Waals surface area contributed by atoms with Crippen molar-refractivity contribution in [2.45, 2.75) is 32.7 Å². The number of hydrogen-bond acceptors (Lipinski definition) is 5. The molecular weight excluding hydrogens is 262 g/mol. The molecule has 106 valence electrons. The number of likely N-dealkylation sites (tertiary alicyclic amines) is 1. The second-order valence-electron chi connectivity index (χ2n) is 5.34. The van der Waals surface area contributed by atoms with Gasteiger partial charge in [-0.3, -0.25) is 4.79 Å². The zero-order valence-electron chi connectivity index (χ0n) is 11.4. The summed E-state index contributed by atoms with van der Waals surface area (Å²) in [6, 6.07) is 0.618. The number of carboxylic acids is 1. The number of carboxylic acid groups (broad SMARTS) is 1. The van der Waals surface area contributed by atoms with Crippen molar-refractivity contribution in [2.24, 2.45) is 5.92 Å². The van der Waals surface area contributed by atoms with E-state index in [1.54, 1.807) is 0 Å². The number of aromatic nitrogens is 1. The van der Waals surface area contributed by atoms with E-state index in [0.29, 0.717) is 17.7 Å². The lowest BCUT2D eigenvalue weighted by atomic mass is 10.1. The van der Waals surface area contributed by atoms with Crippen molar-refractivity contribution in [3.63, 3.8) is 0 Å². The van der Waals surface area contributed by atoms with E-state index in [1.165, 1.54) is 24.3 Å². The molecule has 19 heavy (non-hydrogen) atoms. The second-order valence-corrected chi connectivity index (χ2v) is 6.20. The summed E-state index contributed by atoms with van der Waals surface area (Å²) in [5.41, 5.74) is 0.634. The number of hydrogen-bond donors (Lipinski definition) is 2. The van der Waals surface area contributed by atoms with Gasteiger partial charge in [0.2, 0.25) is 0 Å². The molecule has 2 N–H and O–H groups in total. The SMILES string of the molecule is CC(C)N1CCC(CNc2nc(CC(=O)O)cs2)C1. The van der Waals surface area contributed by atoms with Crippen LogP contribution in [0.3, 0.4) is 0 Å². The molecule has 2 rings (SSSR count). The highest BCUT2D eigenvalue weighted by molar-refractivity contribution is 7.13. The lowest BCUT2D eigenvalue weighted by Gasteiger charge is -2.20. The van der Waals surface area contributed by atoms with Gasteiger partial charge in [-0.15, -0.1) is 11.3 Å². The van der Waals surface area contributed by atoms with E-state index in [-0.39, 0.29) is 6.42 Å². The standard InChI is InChI=1S/C13H21N3O2S/c1-9(2)16-4-3-10(7-16)6-14-13-15-11(8-19-13)5-12(17)18/h8-10H,3-7H2,1-2H3,(H,14,15)(H,17,18). The topological polar surface area (TPSA) is 65.5 Å². The molecule has 1 aromatic heterocycles. The first kappa shape index (κ1) is 14.3. The highest BCUT2D eigenvalue weighted by Gasteiger charge is 2.23. The molecule has 2 heterocycles. The summed E-state index contributed by atoms with van der Waals surface area (Å²) in [5, 5.41) is 14.7. The van der Waals surface area contributed by atoms with Crippen LogP contribution in [0.4, 0.5) is 5.13 Å². The molecule has 6 heteroatoms. The van der Waals surface area contributed by atoms with Crippen molar-refractivity contribution in [3.05, 3.63) is 11.1 Å². The van der Waals surface area contributed by atoms with Crippen LogP contribution in [-0.4, -0.2) is 46.6 Å². The van der Waals surface area contributed by atoms with E-state index < -0.39 is 5.97 Å². The lowest BCUT2D eigenvalue weighted by molar-refractivity contribution is -0.136. The van der Waals surface area contributed by atoms with Crippen LogP contribution in [-0.2, 0) is 11.2 Å². The van der Waals surface area contributed by atoms with Gasteiger partial charge in [0.25, 0.3) is 0 Å². The van der Waals surface area contributed by atoms with E-state index in [2.05, 4.69) is 29.0 Å². The van der Waals surface area contributed by atoms with E-state index in [4.69, 9.17) is 5.11 Å². The summed E-state index contributed by atoms with van der Waals surface area (Å²) in [6.07, 6.45) is 1.22. The fourth-order valence-electron chi connectivity index (χ4n) is 2.35. The Morgan fingerprint density at radius 1 is 1.68 bits per heavy atom. The van der Waals surface area contributed by atoms with Gasteiger partial charge in [0.1, 0.15) is 0 Å². The Bertz CT molecular complexity index is 433. The molecule has 1 aliphatic heterocycles. The van der Waals surface area contributed by atoms with Gasteiger partial charge in [-0.05, 0) is 32.7 Å². The van der Waals surface area contributed by atoms with Crippen molar-refractivity contribution in [1.82, 2.24) is 9.88 Å². The molecule has 1 unspecified atom stereocenters. The highest BCUT2D eigenvalue weighted by Crippen LogP contribution is 2.21. The summed E-state index contributed by atoms with van der Waals surface area (Å²) in [7, 11) is 0. The first-order chi connectivity index (χ1) is 9.04. The van der Waals surface area contributed by atoms with Gasteiger partial charge in [0.05, 0.1) is 12.1 Å². The van der Waals surface area contributed by atoms with Crippen molar-refractivity contribution < 1.29 is 9.90 Å². The Labute approximate surface area is 117 Å². The largest absolute Gasteiger partial charge is 0.481 e. The van der Waals surface area contributed by atoms with E-state index in [9.17, 15) is 4.79 Å². The summed E-state index contributed by atoms with van der Waals surface area (Å²) < 4.78 is 0. The van der Waals surface area contributed by atoms with Crippen LogP contribution < -0.4 is 5.32 Å². The van der Waals surface area contributed by atoms with Gasteiger partial charge in [0.15, 0.2) is 5.13 Å². The Morgan fingerprint density at radius 2 is 2.47 bits per heavy atom. The molecular formula is C13H21N3O2S. The molecule has 0 aromatic carbocycles. The number of nitrogens with zero attached hydrogens (tertiary/aromatic N) is 2. The molecule has 1 fully saturated rings. The van der Waals surface area contributed by atoms with Gasteiger partial charge in [-0.1, -0.05) is 0 Å². The number of nitrogens with one attached hydrogen (secondary N) is 1. The minimum atomic E-state index is -0.833. The third-order valence-corrected chi connectivity index (χ3v) is 4.32. The third-order valence-electron chi connectivity index (χ3n) is 3.47. The predicted octanol–water partition coefficient (Wildman–Crippen LogP) is 1.91. The van der Waals surface area contributed by atoms with E-state index >= 15 is 0 Å². The minimum absolute atomic E-state index is 0.00271. The Kier molecular flexibility index (Phi) is 4.76. The molecule has 0 spiro atoms. The Hall–Kier alpha value is -1.14. The normalized spacial score (nSPS) is 20.1. The van der Waals surface area contributed by atoms with Crippen molar-refractivity contribution in [2.75, 3.05) is 25.0 Å². The zero-order valence-corrected chi connectivity index (χ0v) is 12.2. The zero-order chi connectivity index (χ0) is 13.8. The van der Waals surface area contributed by atoms with Crippen LogP contribution in [0.2, 0.25) is 0 Å². The maximum Gasteiger partial charge on any atom is 0.309 e. The molecule has 1 atom stereocenters. The molecule has 0 saturated carbocycles. The van der Waals surface area contributed by atoms with Crippen LogP contribution in [0.1, 0.15) is 26.0 Å². The Balaban J connectivity index is 1.77. The quantitative estimate of drug-likeness (QED) is 0.835. The number of carbonyl (C=O) groups is 1. The Morgan fingerprint density at radius 3 is 3.11 bits per heavy atom. The first-order valence-corrected chi connectivity index (χ1v) is 7.56. The third kappa shape index (κ3) is 4.18. The molecule has 1 aromatic rings.